The number of thioether (sulfide) groups is 1. The molecule has 8 nitrogen and oxygen atoms in total. The van der Waals surface area contributed by atoms with E-state index in [0.717, 1.165) is 24.0 Å². The molecule has 1 fully saturated rings. The summed E-state index contributed by atoms with van der Waals surface area (Å²) >= 11 is 1.31. The van der Waals surface area contributed by atoms with E-state index in [1.54, 1.807) is 12.1 Å². The third-order valence-corrected chi connectivity index (χ3v) is 4.74. The Morgan fingerprint density at radius 3 is 2.79 bits per heavy atom. The number of furan rings is 1. The van der Waals surface area contributed by atoms with Gasteiger partial charge in [-0.15, -0.1) is 5.10 Å². The van der Waals surface area contributed by atoms with Crippen molar-refractivity contribution in [2.45, 2.75) is 6.92 Å². The number of nitrogens with zero attached hydrogens (tertiary/aromatic N) is 4. The van der Waals surface area contributed by atoms with Crippen LogP contribution in [0.5, 0.6) is 0 Å². The summed E-state index contributed by atoms with van der Waals surface area (Å²) in [5.74, 6) is 0.815. The molecular weight excluding hydrogens is 330 g/mol. The lowest BCUT2D eigenvalue weighted by molar-refractivity contribution is -0.114. The number of aliphatic imine (C=N–C) groups is 1. The maximum atomic E-state index is 12.3. The van der Waals surface area contributed by atoms with Gasteiger partial charge >= 0.3 is 0 Å². The third kappa shape index (κ3) is 2.65. The number of carbonyl (C=O) groups is 1. The summed E-state index contributed by atoms with van der Waals surface area (Å²) < 4.78 is 10.8. The van der Waals surface area contributed by atoms with Gasteiger partial charge in [0.25, 0.3) is 5.91 Å². The third-order valence-electron chi connectivity index (χ3n) is 3.77. The van der Waals surface area contributed by atoms with E-state index < -0.39 is 5.91 Å². The van der Waals surface area contributed by atoms with Crippen molar-refractivity contribution in [1.82, 2.24) is 9.91 Å². The second kappa shape index (κ2) is 5.91. The Bertz CT molecular complexity index is 804. The molecule has 3 aliphatic rings. The van der Waals surface area contributed by atoms with Crippen molar-refractivity contribution in [2.24, 2.45) is 10.1 Å². The van der Waals surface area contributed by atoms with Crippen LogP contribution in [0.3, 0.4) is 0 Å². The van der Waals surface area contributed by atoms with Gasteiger partial charge in [0.05, 0.1) is 18.8 Å². The van der Waals surface area contributed by atoms with Gasteiger partial charge < -0.3 is 14.1 Å². The number of morpholine rings is 1. The summed E-state index contributed by atoms with van der Waals surface area (Å²) in [5.41, 5.74) is 0.167. The highest BCUT2D eigenvalue weighted by Crippen LogP contribution is 2.29. The molecule has 4 heterocycles. The fraction of sp³-hybridized carbons (Fsp3) is 0.333. The summed E-state index contributed by atoms with van der Waals surface area (Å²) in [5, 5.41) is 15.3. The van der Waals surface area contributed by atoms with Gasteiger partial charge in [-0.05, 0) is 36.9 Å². The van der Waals surface area contributed by atoms with Crippen LogP contribution in [-0.4, -0.2) is 58.3 Å². The smallest absolute Gasteiger partial charge is 0.283 e. The van der Waals surface area contributed by atoms with Crippen LogP contribution in [0, 0.1) is 12.3 Å². The summed E-state index contributed by atoms with van der Waals surface area (Å²) in [6, 6.07) is 3.56. The average molecular weight is 345 g/mol. The lowest BCUT2D eigenvalue weighted by Crippen LogP contribution is -2.39. The molecule has 9 heteroatoms. The van der Waals surface area contributed by atoms with Gasteiger partial charge in [-0.25, -0.2) is 0 Å². The van der Waals surface area contributed by atoms with E-state index in [2.05, 4.69) is 15.0 Å². The first-order valence-corrected chi connectivity index (χ1v) is 8.33. The number of hydrazone groups is 1. The SMILES string of the molecule is Cc1ccc(/C=C2\C(=N)N3N=C(N4CCOCC4)SC3=NC2=O)o1. The van der Waals surface area contributed by atoms with Gasteiger partial charge in [-0.1, -0.05) is 0 Å². The van der Waals surface area contributed by atoms with Gasteiger partial charge in [0.1, 0.15) is 11.5 Å². The Balaban J connectivity index is 1.62. The number of carbonyl (C=O) groups excluding carboxylic acids is 1. The molecule has 0 saturated carbocycles. The fourth-order valence-corrected chi connectivity index (χ4v) is 3.48. The molecule has 3 aliphatic heterocycles. The first-order chi connectivity index (χ1) is 11.6. The highest BCUT2D eigenvalue weighted by Gasteiger charge is 2.37. The topological polar surface area (TPSA) is 94.5 Å². The predicted octanol–water partition coefficient (Wildman–Crippen LogP) is 1.50. The number of aryl methyl sites for hydroxylation is 1. The number of ether oxygens (including phenoxy) is 1. The van der Waals surface area contributed by atoms with Crippen molar-refractivity contribution in [2.75, 3.05) is 26.3 Å². The Labute approximate surface area is 142 Å². The van der Waals surface area contributed by atoms with Crippen LogP contribution in [0.25, 0.3) is 6.08 Å². The number of nitrogens with one attached hydrogen (secondary N) is 1. The molecule has 0 aromatic carbocycles. The molecule has 0 spiro atoms. The molecule has 4 rings (SSSR count). The number of amidine groups is 3. The van der Waals surface area contributed by atoms with E-state index in [1.165, 1.54) is 22.8 Å². The van der Waals surface area contributed by atoms with Crippen molar-refractivity contribution < 1.29 is 13.9 Å². The lowest BCUT2D eigenvalue weighted by atomic mass is 10.1. The first-order valence-electron chi connectivity index (χ1n) is 7.51. The Morgan fingerprint density at radius 1 is 1.29 bits per heavy atom. The number of rotatable bonds is 1. The molecule has 0 radical (unpaired) electrons. The van der Waals surface area contributed by atoms with Crippen LogP contribution in [0.15, 0.2) is 32.2 Å². The van der Waals surface area contributed by atoms with Crippen molar-refractivity contribution in [1.29, 1.82) is 5.41 Å². The molecular formula is C15H15N5O3S. The molecule has 1 aromatic rings. The van der Waals surface area contributed by atoms with E-state index in [9.17, 15) is 4.79 Å². The number of amides is 1. The van der Waals surface area contributed by atoms with E-state index in [1.807, 2.05) is 6.92 Å². The molecule has 0 atom stereocenters. The van der Waals surface area contributed by atoms with Crippen LogP contribution in [0.4, 0.5) is 0 Å². The van der Waals surface area contributed by atoms with E-state index in [0.29, 0.717) is 24.1 Å². The molecule has 1 saturated heterocycles. The van der Waals surface area contributed by atoms with E-state index >= 15 is 0 Å². The zero-order valence-corrected chi connectivity index (χ0v) is 13.8. The maximum Gasteiger partial charge on any atom is 0.283 e. The van der Waals surface area contributed by atoms with Crippen LogP contribution in [-0.2, 0) is 9.53 Å². The first kappa shape index (κ1) is 15.2. The minimum Gasteiger partial charge on any atom is -0.462 e. The minimum atomic E-state index is -0.453. The van der Waals surface area contributed by atoms with Gasteiger partial charge in [-0.3, -0.25) is 10.2 Å². The molecule has 0 unspecified atom stereocenters. The lowest BCUT2D eigenvalue weighted by Gasteiger charge is -2.26. The Hall–Kier alpha value is -2.39. The average Bonchev–Trinajstić information content (AvgIpc) is 3.18. The van der Waals surface area contributed by atoms with Crippen molar-refractivity contribution in [3.8, 4) is 0 Å². The molecule has 0 aliphatic carbocycles. The zero-order chi connectivity index (χ0) is 16.7. The number of hydrogen-bond donors (Lipinski definition) is 1. The van der Waals surface area contributed by atoms with Crippen molar-refractivity contribution >= 4 is 39.9 Å². The molecule has 24 heavy (non-hydrogen) atoms. The minimum absolute atomic E-state index is 0.00909. The van der Waals surface area contributed by atoms with Gasteiger partial charge in [-0.2, -0.15) is 10.0 Å². The normalized spacial score (nSPS) is 22.8. The van der Waals surface area contributed by atoms with E-state index in [-0.39, 0.29) is 11.4 Å². The molecule has 1 aromatic heterocycles. The van der Waals surface area contributed by atoms with E-state index in [4.69, 9.17) is 14.6 Å². The van der Waals surface area contributed by atoms with Crippen LogP contribution < -0.4 is 0 Å². The number of hydrogen-bond acceptors (Lipinski definition) is 7. The fourth-order valence-electron chi connectivity index (χ4n) is 2.54. The van der Waals surface area contributed by atoms with Crippen molar-refractivity contribution in [3.05, 3.63) is 29.2 Å². The summed E-state index contributed by atoms with van der Waals surface area (Å²) in [7, 11) is 0. The molecule has 1 N–H and O–H groups in total. The molecule has 1 amide bonds. The van der Waals surface area contributed by atoms with Crippen molar-refractivity contribution in [3.63, 3.8) is 0 Å². The largest absolute Gasteiger partial charge is 0.462 e. The predicted molar refractivity (Wildman–Crippen MR) is 90.8 cm³/mol. The Kier molecular flexibility index (Phi) is 3.73. The Morgan fingerprint density at radius 2 is 2.08 bits per heavy atom. The summed E-state index contributed by atoms with van der Waals surface area (Å²) in [6.07, 6.45) is 1.53. The monoisotopic (exact) mass is 345 g/mol. The summed E-state index contributed by atoms with van der Waals surface area (Å²) in [4.78, 5) is 18.4. The van der Waals surface area contributed by atoms with Gasteiger partial charge in [0.15, 0.2) is 11.0 Å². The van der Waals surface area contributed by atoms with Gasteiger partial charge in [0, 0.05) is 13.1 Å². The van der Waals surface area contributed by atoms with Crippen LogP contribution >= 0.6 is 11.8 Å². The highest BCUT2D eigenvalue weighted by atomic mass is 32.2. The zero-order valence-electron chi connectivity index (χ0n) is 13.0. The van der Waals surface area contributed by atoms with Gasteiger partial charge in [0.2, 0.25) is 5.17 Å². The standard InChI is InChI=1S/C15H15N5O3S/c1-9-2-3-10(23-9)8-11-12(16)20-14(17-13(11)21)24-15(18-20)19-4-6-22-7-5-19/h2-3,8,16H,4-7H2,1H3/b11-8+,16-12?. The second-order valence-electron chi connectivity index (χ2n) is 5.45. The molecule has 0 bridgehead atoms. The second-order valence-corrected chi connectivity index (χ2v) is 6.38. The molecule has 124 valence electrons. The van der Waals surface area contributed by atoms with Crippen LogP contribution in [0.1, 0.15) is 11.5 Å². The maximum absolute atomic E-state index is 12.3. The summed E-state index contributed by atoms with van der Waals surface area (Å²) in [6.45, 7) is 4.59. The highest BCUT2D eigenvalue weighted by molar-refractivity contribution is 8.26. The van der Waals surface area contributed by atoms with Crippen LogP contribution in [0.2, 0.25) is 0 Å². The number of fused-ring (bicyclic) bond motifs is 1. The quantitative estimate of drug-likeness (QED) is 0.775.